The summed E-state index contributed by atoms with van der Waals surface area (Å²) in [6.07, 6.45) is 1.22. The van der Waals surface area contributed by atoms with Crippen LogP contribution < -0.4 is 19.4 Å². The van der Waals surface area contributed by atoms with Crippen LogP contribution in [0.2, 0.25) is 0 Å². The van der Waals surface area contributed by atoms with E-state index in [-0.39, 0.29) is 24.3 Å². The van der Waals surface area contributed by atoms with Gasteiger partial charge in [0.05, 0.1) is 44.9 Å². The summed E-state index contributed by atoms with van der Waals surface area (Å²) in [4.78, 5) is 30.6. The molecule has 2 amide bonds. The van der Waals surface area contributed by atoms with Crippen molar-refractivity contribution < 1.29 is 19.2 Å². The lowest BCUT2D eigenvalue weighted by Gasteiger charge is -2.35. The topological polar surface area (TPSA) is 54.3 Å². The Bertz CT molecular complexity index is 845. The van der Waals surface area contributed by atoms with Crippen molar-refractivity contribution in [1.82, 2.24) is 0 Å². The summed E-state index contributed by atoms with van der Waals surface area (Å²) in [6, 6.07) is 17.3. The van der Waals surface area contributed by atoms with Crippen LogP contribution in [0.25, 0.3) is 0 Å². The van der Waals surface area contributed by atoms with Crippen molar-refractivity contribution in [1.29, 1.82) is 0 Å². The molecule has 0 aromatic heterocycles. The lowest BCUT2D eigenvalue weighted by Crippen LogP contribution is -3.19. The summed E-state index contributed by atoms with van der Waals surface area (Å²) < 4.78 is 5.59. The van der Waals surface area contributed by atoms with Crippen molar-refractivity contribution in [2.24, 2.45) is 0 Å². The van der Waals surface area contributed by atoms with Gasteiger partial charge in [-0.3, -0.25) is 9.59 Å². The largest absolute Gasteiger partial charge is 0.494 e. The van der Waals surface area contributed by atoms with E-state index in [1.807, 2.05) is 30.3 Å². The van der Waals surface area contributed by atoms with Gasteiger partial charge in [0, 0.05) is 5.69 Å². The van der Waals surface area contributed by atoms with E-state index in [2.05, 4.69) is 24.0 Å². The molecule has 29 heavy (non-hydrogen) atoms. The van der Waals surface area contributed by atoms with Crippen LogP contribution in [0.5, 0.6) is 5.75 Å². The molecule has 2 saturated heterocycles. The van der Waals surface area contributed by atoms with Crippen LogP contribution in [-0.2, 0) is 9.59 Å². The van der Waals surface area contributed by atoms with Crippen molar-refractivity contribution >= 4 is 23.2 Å². The summed E-state index contributed by atoms with van der Waals surface area (Å²) in [5.74, 6) is 0.564. The number of hydrogen-bond donors (Lipinski definition) is 1. The van der Waals surface area contributed by atoms with E-state index in [0.717, 1.165) is 38.3 Å². The first-order chi connectivity index (χ1) is 14.2. The highest BCUT2D eigenvalue weighted by Gasteiger charge is 2.46. The fourth-order valence-electron chi connectivity index (χ4n) is 4.17. The van der Waals surface area contributed by atoms with Crippen molar-refractivity contribution in [2.75, 3.05) is 42.6 Å². The van der Waals surface area contributed by atoms with Gasteiger partial charge in [0.1, 0.15) is 5.75 Å². The van der Waals surface area contributed by atoms with Crippen LogP contribution in [-0.4, -0.2) is 50.6 Å². The van der Waals surface area contributed by atoms with E-state index in [0.29, 0.717) is 12.3 Å². The second-order valence-electron chi connectivity index (χ2n) is 7.65. The van der Waals surface area contributed by atoms with Gasteiger partial charge in [-0.25, -0.2) is 4.90 Å². The fraction of sp³-hybridized carbons (Fsp3) is 0.391. The van der Waals surface area contributed by atoms with Gasteiger partial charge in [-0.2, -0.15) is 0 Å². The number of amides is 2. The molecule has 2 aromatic carbocycles. The molecule has 4 rings (SSSR count). The smallest absolute Gasteiger partial charge is 0.292 e. The fourth-order valence-corrected chi connectivity index (χ4v) is 4.17. The minimum Gasteiger partial charge on any atom is -0.494 e. The number of piperazine rings is 1. The number of imide groups is 1. The summed E-state index contributed by atoms with van der Waals surface area (Å²) in [5.41, 5.74) is 1.85. The van der Waals surface area contributed by atoms with Crippen LogP contribution >= 0.6 is 0 Å². The molecule has 2 aliphatic rings. The highest BCUT2D eigenvalue weighted by atomic mass is 16.5. The molecule has 0 radical (unpaired) electrons. The van der Waals surface area contributed by atoms with Gasteiger partial charge in [-0.05, 0) is 42.8 Å². The number of ether oxygens (including phenoxy) is 1. The summed E-state index contributed by atoms with van der Waals surface area (Å²) in [7, 11) is 0. The molecule has 2 aromatic rings. The van der Waals surface area contributed by atoms with Gasteiger partial charge in [-0.15, -0.1) is 0 Å². The molecule has 1 atom stereocenters. The summed E-state index contributed by atoms with van der Waals surface area (Å²) in [6.45, 7) is 6.20. The Kier molecular flexibility index (Phi) is 5.81. The first kappa shape index (κ1) is 19.5. The SMILES string of the molecule is CCCOc1ccc(N2C(=O)C[C@@H]([NH+]3CCN(c4ccccc4)CC3)C2=O)cc1. The highest BCUT2D eigenvalue weighted by Crippen LogP contribution is 2.25. The van der Waals surface area contributed by atoms with Gasteiger partial charge in [0.15, 0.2) is 6.04 Å². The molecule has 152 valence electrons. The number of benzene rings is 2. The maximum atomic E-state index is 13.1. The van der Waals surface area contributed by atoms with Crippen molar-refractivity contribution in [3.05, 3.63) is 54.6 Å². The van der Waals surface area contributed by atoms with Crippen molar-refractivity contribution in [3.63, 3.8) is 0 Å². The Morgan fingerprint density at radius 3 is 2.31 bits per heavy atom. The monoisotopic (exact) mass is 394 g/mol. The second-order valence-corrected chi connectivity index (χ2v) is 7.65. The Balaban J connectivity index is 1.39. The van der Waals surface area contributed by atoms with Gasteiger partial charge in [0.2, 0.25) is 5.91 Å². The van der Waals surface area contributed by atoms with Gasteiger partial charge >= 0.3 is 0 Å². The zero-order valence-corrected chi connectivity index (χ0v) is 16.8. The van der Waals surface area contributed by atoms with E-state index < -0.39 is 0 Å². The molecule has 2 heterocycles. The molecule has 2 fully saturated rings. The number of carbonyl (C=O) groups excluding carboxylic acids is 2. The number of quaternary nitrogens is 1. The van der Waals surface area contributed by atoms with Crippen molar-refractivity contribution in [3.8, 4) is 5.75 Å². The van der Waals surface area contributed by atoms with Gasteiger partial charge in [0.25, 0.3) is 5.91 Å². The standard InChI is InChI=1S/C23H27N3O3/c1-2-16-29-20-10-8-19(9-11-20)26-22(27)17-21(23(26)28)25-14-12-24(13-15-25)18-6-4-3-5-7-18/h3-11,21H,2,12-17H2,1H3/p+1/t21-/m1/s1. The zero-order valence-electron chi connectivity index (χ0n) is 16.8. The average molecular weight is 394 g/mol. The quantitative estimate of drug-likeness (QED) is 0.755. The maximum absolute atomic E-state index is 13.1. The molecule has 0 spiro atoms. The highest BCUT2D eigenvalue weighted by molar-refractivity contribution is 6.21. The Labute approximate surface area is 171 Å². The molecule has 0 bridgehead atoms. The van der Waals surface area contributed by atoms with E-state index in [1.165, 1.54) is 15.5 Å². The summed E-state index contributed by atoms with van der Waals surface area (Å²) in [5, 5.41) is 0. The predicted molar refractivity (Wildman–Crippen MR) is 112 cm³/mol. The van der Waals surface area contributed by atoms with E-state index in [9.17, 15) is 9.59 Å². The molecule has 1 N–H and O–H groups in total. The minimum absolute atomic E-state index is 0.0830. The molecule has 0 saturated carbocycles. The Morgan fingerprint density at radius 2 is 1.66 bits per heavy atom. The van der Waals surface area contributed by atoms with Crippen LogP contribution in [0.4, 0.5) is 11.4 Å². The lowest BCUT2D eigenvalue weighted by molar-refractivity contribution is -0.915. The molecular formula is C23H28N3O3+. The summed E-state index contributed by atoms with van der Waals surface area (Å²) >= 11 is 0. The number of hydrogen-bond acceptors (Lipinski definition) is 4. The van der Waals surface area contributed by atoms with E-state index in [4.69, 9.17) is 4.74 Å². The molecule has 2 aliphatic heterocycles. The zero-order chi connectivity index (χ0) is 20.2. The van der Waals surface area contributed by atoms with Crippen LogP contribution in [0.15, 0.2) is 54.6 Å². The predicted octanol–water partition coefficient (Wildman–Crippen LogP) is 1.51. The molecule has 0 aliphatic carbocycles. The third kappa shape index (κ3) is 4.12. The second kappa shape index (κ2) is 8.66. The van der Waals surface area contributed by atoms with Gasteiger partial charge in [-0.1, -0.05) is 25.1 Å². The van der Waals surface area contributed by atoms with Crippen LogP contribution in [0.3, 0.4) is 0 Å². The van der Waals surface area contributed by atoms with Gasteiger partial charge < -0.3 is 14.5 Å². The third-order valence-corrected chi connectivity index (χ3v) is 5.73. The first-order valence-corrected chi connectivity index (χ1v) is 10.4. The van der Waals surface area contributed by atoms with E-state index >= 15 is 0 Å². The number of para-hydroxylation sites is 1. The molecule has 6 heteroatoms. The number of anilines is 2. The normalized spacial score (nSPS) is 20.4. The molecule has 6 nitrogen and oxygen atoms in total. The lowest BCUT2D eigenvalue weighted by atomic mass is 10.1. The number of nitrogens with zero attached hydrogens (tertiary/aromatic N) is 2. The Hall–Kier alpha value is -2.86. The minimum atomic E-state index is -0.281. The Morgan fingerprint density at radius 1 is 0.966 bits per heavy atom. The molecule has 0 unspecified atom stereocenters. The number of carbonyl (C=O) groups is 2. The molecular weight excluding hydrogens is 366 g/mol. The third-order valence-electron chi connectivity index (χ3n) is 5.73. The first-order valence-electron chi connectivity index (χ1n) is 10.4. The average Bonchev–Trinajstić information content (AvgIpc) is 3.07. The van der Waals surface area contributed by atoms with Crippen LogP contribution in [0, 0.1) is 0 Å². The van der Waals surface area contributed by atoms with E-state index in [1.54, 1.807) is 12.1 Å². The number of nitrogens with one attached hydrogen (secondary N) is 1. The maximum Gasteiger partial charge on any atom is 0.292 e. The van der Waals surface area contributed by atoms with Crippen LogP contribution in [0.1, 0.15) is 19.8 Å². The number of rotatable bonds is 6. The van der Waals surface area contributed by atoms with Crippen molar-refractivity contribution in [2.45, 2.75) is 25.8 Å².